The van der Waals surface area contributed by atoms with Crippen molar-refractivity contribution >= 4 is 27.6 Å². The molecule has 10 heteroatoms. The summed E-state index contributed by atoms with van der Waals surface area (Å²) < 4.78 is 49.3. The minimum absolute atomic E-state index is 0.0364. The Morgan fingerprint density at radius 2 is 1.64 bits per heavy atom. The van der Waals surface area contributed by atoms with Crippen LogP contribution in [0.1, 0.15) is 6.92 Å². The Kier molecular flexibility index (Phi) is 7.47. The molecule has 0 heterocycles. The molecule has 2 N–H and O–H groups in total. The summed E-state index contributed by atoms with van der Waals surface area (Å²) in [6.45, 7) is 0.729. The van der Waals surface area contributed by atoms with Gasteiger partial charge in [-0.25, -0.2) is 12.8 Å². The molecule has 8 nitrogen and oxygen atoms in total. The molecule has 1 amide bonds. The van der Waals surface area contributed by atoms with Crippen molar-refractivity contribution in [2.75, 3.05) is 25.1 Å². The summed E-state index contributed by atoms with van der Waals surface area (Å²) in [5, 5.41) is 2.52. The first-order valence-corrected chi connectivity index (χ1v) is 9.66. The largest absolute Gasteiger partial charge is 0.490 e. The summed E-state index contributed by atoms with van der Waals surface area (Å²) in [7, 11) is -3.91. The van der Waals surface area contributed by atoms with Crippen LogP contribution >= 0.6 is 0 Å². The Morgan fingerprint density at radius 3 is 2.25 bits per heavy atom. The lowest BCUT2D eigenvalue weighted by Gasteiger charge is -2.09. The summed E-state index contributed by atoms with van der Waals surface area (Å²) >= 11 is 0. The van der Waals surface area contributed by atoms with E-state index in [1.54, 1.807) is 0 Å². The molecule has 0 aromatic heterocycles. The Labute approximate surface area is 161 Å². The number of amides is 1. The summed E-state index contributed by atoms with van der Waals surface area (Å²) in [5.74, 6) is -1.03. The van der Waals surface area contributed by atoms with E-state index in [2.05, 4.69) is 10.0 Å². The van der Waals surface area contributed by atoms with Crippen LogP contribution in [0.25, 0.3) is 0 Å². The number of hydrogen-bond donors (Lipinski definition) is 2. The molecular weight excluding hydrogens is 391 g/mol. The molecule has 0 aliphatic heterocycles. The number of rotatable bonds is 9. The fraction of sp³-hybridized carbons (Fsp3) is 0.222. The molecule has 0 saturated carbocycles. The predicted molar refractivity (Wildman–Crippen MR) is 98.8 cm³/mol. The second kappa shape index (κ2) is 9.81. The van der Waals surface area contributed by atoms with Crippen molar-refractivity contribution in [3.05, 3.63) is 54.3 Å². The number of carbonyl (C=O) groups is 2. The van der Waals surface area contributed by atoms with E-state index in [-0.39, 0.29) is 24.0 Å². The van der Waals surface area contributed by atoms with E-state index < -0.39 is 28.4 Å². The lowest BCUT2D eigenvalue weighted by Crippen LogP contribution is -2.31. The van der Waals surface area contributed by atoms with E-state index in [4.69, 9.17) is 9.47 Å². The standard InChI is InChI=1S/C18H19FN2O6S/c1-13(22)21-15-4-8-17(9-5-15)28(24,25)20-12-18(23)27-11-10-26-16-6-2-14(19)3-7-16/h2-9,20H,10-12H2,1H3,(H,21,22). The molecule has 0 spiro atoms. The molecule has 0 aliphatic rings. The van der Waals surface area contributed by atoms with Crippen molar-refractivity contribution in [3.63, 3.8) is 0 Å². The Balaban J connectivity index is 1.74. The molecule has 0 saturated heterocycles. The fourth-order valence-electron chi connectivity index (χ4n) is 2.05. The molecule has 0 aliphatic carbocycles. The zero-order chi connectivity index (χ0) is 20.6. The summed E-state index contributed by atoms with van der Waals surface area (Å²) in [6, 6.07) is 10.8. The maximum absolute atomic E-state index is 12.8. The van der Waals surface area contributed by atoms with Gasteiger partial charge in [0.1, 0.15) is 31.3 Å². The summed E-state index contributed by atoms with van der Waals surface area (Å²) in [5.41, 5.74) is 0.451. The predicted octanol–water partition coefficient (Wildman–Crippen LogP) is 1.68. The second-order valence-electron chi connectivity index (χ2n) is 5.55. The molecule has 2 rings (SSSR count). The molecule has 0 atom stereocenters. The number of hydrogen-bond acceptors (Lipinski definition) is 6. The number of sulfonamides is 1. The molecule has 0 radical (unpaired) electrons. The molecule has 0 unspecified atom stereocenters. The number of esters is 1. The minimum Gasteiger partial charge on any atom is -0.490 e. The first-order chi connectivity index (χ1) is 13.3. The van der Waals surface area contributed by atoms with Gasteiger partial charge in [0.25, 0.3) is 0 Å². The molecule has 0 bridgehead atoms. The third-order valence-electron chi connectivity index (χ3n) is 3.32. The Morgan fingerprint density at radius 1 is 1.00 bits per heavy atom. The highest BCUT2D eigenvalue weighted by atomic mass is 32.2. The van der Waals surface area contributed by atoms with Crippen LogP contribution in [0.4, 0.5) is 10.1 Å². The van der Waals surface area contributed by atoms with Crippen LogP contribution in [0.15, 0.2) is 53.4 Å². The van der Waals surface area contributed by atoms with E-state index >= 15 is 0 Å². The highest BCUT2D eigenvalue weighted by Crippen LogP contribution is 2.14. The zero-order valence-electron chi connectivity index (χ0n) is 15.0. The van der Waals surface area contributed by atoms with E-state index in [0.717, 1.165) is 0 Å². The highest BCUT2D eigenvalue weighted by molar-refractivity contribution is 7.89. The highest BCUT2D eigenvalue weighted by Gasteiger charge is 2.16. The van der Waals surface area contributed by atoms with Gasteiger partial charge in [-0.3, -0.25) is 9.59 Å². The first kappa shape index (κ1) is 21.3. The van der Waals surface area contributed by atoms with E-state index in [1.165, 1.54) is 55.5 Å². The van der Waals surface area contributed by atoms with Crippen LogP contribution in [0, 0.1) is 5.82 Å². The monoisotopic (exact) mass is 410 g/mol. The van der Waals surface area contributed by atoms with Crippen LogP contribution < -0.4 is 14.8 Å². The number of ether oxygens (including phenoxy) is 2. The van der Waals surface area contributed by atoms with Gasteiger partial charge in [0.15, 0.2) is 0 Å². The smallest absolute Gasteiger partial charge is 0.321 e. The number of nitrogens with one attached hydrogen (secondary N) is 2. The lowest BCUT2D eigenvalue weighted by molar-refractivity contribution is -0.142. The number of halogens is 1. The van der Waals surface area contributed by atoms with Crippen molar-refractivity contribution < 1.29 is 31.9 Å². The van der Waals surface area contributed by atoms with Gasteiger partial charge in [-0.1, -0.05) is 0 Å². The van der Waals surface area contributed by atoms with E-state index in [1.807, 2.05) is 0 Å². The third-order valence-corrected chi connectivity index (χ3v) is 4.74. The van der Waals surface area contributed by atoms with Gasteiger partial charge >= 0.3 is 5.97 Å². The number of benzene rings is 2. The molecule has 2 aromatic rings. The van der Waals surface area contributed by atoms with Crippen molar-refractivity contribution in [1.82, 2.24) is 4.72 Å². The van der Waals surface area contributed by atoms with Gasteiger partial charge in [0.2, 0.25) is 15.9 Å². The quantitative estimate of drug-likeness (QED) is 0.481. The van der Waals surface area contributed by atoms with Crippen molar-refractivity contribution in [1.29, 1.82) is 0 Å². The van der Waals surface area contributed by atoms with Gasteiger partial charge < -0.3 is 14.8 Å². The molecule has 28 heavy (non-hydrogen) atoms. The van der Waals surface area contributed by atoms with Crippen LogP contribution in [0.2, 0.25) is 0 Å². The van der Waals surface area contributed by atoms with Crippen LogP contribution in [-0.4, -0.2) is 40.1 Å². The van der Waals surface area contributed by atoms with Gasteiger partial charge in [-0.2, -0.15) is 4.72 Å². The average Bonchev–Trinajstić information content (AvgIpc) is 2.65. The van der Waals surface area contributed by atoms with Crippen LogP contribution in [0.5, 0.6) is 5.75 Å². The maximum atomic E-state index is 12.8. The zero-order valence-corrected chi connectivity index (χ0v) is 15.8. The Hall–Kier alpha value is -2.98. The molecule has 2 aromatic carbocycles. The lowest BCUT2D eigenvalue weighted by atomic mass is 10.3. The van der Waals surface area contributed by atoms with Gasteiger partial charge in [-0.05, 0) is 48.5 Å². The van der Waals surface area contributed by atoms with Crippen LogP contribution in [0.3, 0.4) is 0 Å². The SMILES string of the molecule is CC(=O)Nc1ccc(S(=O)(=O)NCC(=O)OCCOc2ccc(F)cc2)cc1. The summed E-state index contributed by atoms with van der Waals surface area (Å²) in [4.78, 5) is 22.5. The minimum atomic E-state index is -3.91. The number of carbonyl (C=O) groups excluding carboxylic acids is 2. The maximum Gasteiger partial charge on any atom is 0.321 e. The Bertz CT molecular complexity index is 914. The molecule has 150 valence electrons. The van der Waals surface area contributed by atoms with Gasteiger partial charge in [0.05, 0.1) is 4.90 Å². The van der Waals surface area contributed by atoms with Crippen molar-refractivity contribution in [3.8, 4) is 5.75 Å². The first-order valence-electron chi connectivity index (χ1n) is 8.17. The van der Waals surface area contributed by atoms with Crippen molar-refractivity contribution in [2.24, 2.45) is 0 Å². The molecule has 0 fully saturated rings. The molecular formula is C18H19FN2O6S. The van der Waals surface area contributed by atoms with E-state index in [0.29, 0.717) is 11.4 Å². The topological polar surface area (TPSA) is 111 Å². The normalized spacial score (nSPS) is 10.9. The van der Waals surface area contributed by atoms with Crippen LogP contribution in [-0.2, 0) is 24.3 Å². The van der Waals surface area contributed by atoms with E-state index in [9.17, 15) is 22.4 Å². The van der Waals surface area contributed by atoms with Crippen molar-refractivity contribution in [2.45, 2.75) is 11.8 Å². The second-order valence-corrected chi connectivity index (χ2v) is 7.32. The summed E-state index contributed by atoms with van der Waals surface area (Å²) in [6.07, 6.45) is 0. The van der Waals surface area contributed by atoms with Gasteiger partial charge in [0, 0.05) is 12.6 Å². The number of anilines is 1. The fourth-order valence-corrected chi connectivity index (χ4v) is 3.02. The third kappa shape index (κ3) is 6.97. The average molecular weight is 410 g/mol. The van der Waals surface area contributed by atoms with Gasteiger partial charge in [-0.15, -0.1) is 0 Å².